The van der Waals surface area contributed by atoms with E-state index in [1.54, 1.807) is 6.92 Å². The predicted molar refractivity (Wildman–Crippen MR) is 139 cm³/mol. The van der Waals surface area contributed by atoms with Gasteiger partial charge in [-0.1, -0.05) is 13.8 Å². The van der Waals surface area contributed by atoms with Crippen molar-refractivity contribution < 1.29 is 28.5 Å². The molecule has 2 aliphatic heterocycles. The lowest BCUT2D eigenvalue weighted by Gasteiger charge is -2.63. The molecule has 0 amide bonds. The zero-order chi connectivity index (χ0) is 25.8. The molecule has 37 heavy (non-hydrogen) atoms. The third-order valence-electron chi connectivity index (χ3n) is 12.0. The Hall–Kier alpha value is -0.820. The Kier molecular flexibility index (Phi) is 7.12. The first kappa shape index (κ1) is 26.4. The highest BCUT2D eigenvalue weighted by Crippen LogP contribution is 2.69. The smallest absolute Gasteiger partial charge is 0.162 e. The summed E-state index contributed by atoms with van der Waals surface area (Å²) in [5.74, 6) is 2.35. The van der Waals surface area contributed by atoms with Gasteiger partial charge >= 0.3 is 0 Å². The van der Waals surface area contributed by atoms with Crippen LogP contribution in [0.1, 0.15) is 111 Å². The van der Waals surface area contributed by atoms with E-state index in [1.807, 2.05) is 0 Å². The molecule has 2 saturated heterocycles. The summed E-state index contributed by atoms with van der Waals surface area (Å²) in [4.78, 5) is 26.1. The van der Waals surface area contributed by atoms with E-state index in [2.05, 4.69) is 13.8 Å². The van der Waals surface area contributed by atoms with Crippen molar-refractivity contribution in [1.82, 2.24) is 0 Å². The molecular formula is C31H48O6. The molecule has 208 valence electrons. The minimum atomic E-state index is -0.819. The van der Waals surface area contributed by atoms with Gasteiger partial charge in [0.2, 0.25) is 0 Å². The Morgan fingerprint density at radius 2 is 1.65 bits per heavy atom. The van der Waals surface area contributed by atoms with Gasteiger partial charge in [0.15, 0.2) is 18.4 Å². The van der Waals surface area contributed by atoms with Crippen molar-refractivity contribution in [1.29, 1.82) is 0 Å². The normalized spacial score (nSPS) is 50.1. The van der Waals surface area contributed by atoms with E-state index in [4.69, 9.17) is 18.9 Å². The van der Waals surface area contributed by atoms with Crippen LogP contribution in [0, 0.1) is 34.5 Å². The third kappa shape index (κ3) is 4.28. The maximum absolute atomic E-state index is 13.6. The molecule has 10 atom stereocenters. The molecule has 0 aromatic rings. The van der Waals surface area contributed by atoms with Crippen molar-refractivity contribution >= 4 is 11.6 Å². The summed E-state index contributed by atoms with van der Waals surface area (Å²) in [6.45, 7) is 8.02. The highest BCUT2D eigenvalue weighted by Gasteiger charge is 2.70. The van der Waals surface area contributed by atoms with Crippen LogP contribution in [0.15, 0.2) is 0 Å². The van der Waals surface area contributed by atoms with Crippen molar-refractivity contribution in [2.75, 3.05) is 13.2 Å². The Balaban J connectivity index is 1.36. The van der Waals surface area contributed by atoms with E-state index in [1.165, 1.54) is 0 Å². The number of carbonyl (C=O) groups is 2. The second-order valence-corrected chi connectivity index (χ2v) is 13.7. The molecule has 4 saturated carbocycles. The monoisotopic (exact) mass is 516 g/mol. The lowest BCUT2D eigenvalue weighted by molar-refractivity contribution is -0.283. The quantitative estimate of drug-likeness (QED) is 0.447. The highest BCUT2D eigenvalue weighted by molar-refractivity contribution is 5.86. The zero-order valence-electron chi connectivity index (χ0n) is 23.3. The van der Waals surface area contributed by atoms with Gasteiger partial charge in [0.1, 0.15) is 11.4 Å². The van der Waals surface area contributed by atoms with Crippen molar-refractivity contribution in [2.45, 2.75) is 135 Å². The van der Waals surface area contributed by atoms with Gasteiger partial charge in [-0.2, -0.15) is 0 Å². The van der Waals surface area contributed by atoms with Gasteiger partial charge in [0.05, 0.1) is 6.10 Å². The van der Waals surface area contributed by atoms with Gasteiger partial charge in [0.25, 0.3) is 0 Å². The summed E-state index contributed by atoms with van der Waals surface area (Å²) < 4.78 is 26.0. The van der Waals surface area contributed by atoms with Crippen LogP contribution in [-0.4, -0.2) is 49.1 Å². The van der Waals surface area contributed by atoms with E-state index in [0.29, 0.717) is 42.5 Å². The SMILES string of the molecule is CC(=O)[C@@]1(OC2CCCCO2)CC[C@H]2[C@@H]3CC[C@@H]4CC(=O)CC[C@]4(C)[C@H]3[C@H](OC3CCCCO3)C[C@@]21C. The summed E-state index contributed by atoms with van der Waals surface area (Å²) in [5.41, 5.74) is -1.01. The van der Waals surface area contributed by atoms with Crippen LogP contribution >= 0.6 is 0 Å². The highest BCUT2D eigenvalue weighted by atomic mass is 16.7. The van der Waals surface area contributed by atoms with Crippen molar-refractivity contribution in [2.24, 2.45) is 34.5 Å². The summed E-state index contributed by atoms with van der Waals surface area (Å²) in [6.07, 6.45) is 13.0. The van der Waals surface area contributed by atoms with E-state index in [9.17, 15) is 9.59 Å². The molecule has 2 heterocycles. The van der Waals surface area contributed by atoms with Crippen LogP contribution in [0.4, 0.5) is 0 Å². The van der Waals surface area contributed by atoms with Gasteiger partial charge in [-0.15, -0.1) is 0 Å². The fourth-order valence-electron chi connectivity index (χ4n) is 10.1. The van der Waals surface area contributed by atoms with Gasteiger partial charge in [0, 0.05) is 31.5 Å². The fraction of sp³-hybridized carbons (Fsp3) is 0.935. The van der Waals surface area contributed by atoms with Gasteiger partial charge < -0.3 is 18.9 Å². The molecule has 2 unspecified atom stereocenters. The average Bonchev–Trinajstić information content (AvgIpc) is 3.18. The number of hydrogen-bond donors (Lipinski definition) is 0. The molecule has 6 heteroatoms. The molecule has 0 aromatic carbocycles. The first-order chi connectivity index (χ1) is 17.8. The maximum atomic E-state index is 13.6. The predicted octanol–water partition coefficient (Wildman–Crippen LogP) is 5.99. The zero-order valence-corrected chi connectivity index (χ0v) is 23.3. The second-order valence-electron chi connectivity index (χ2n) is 13.7. The molecule has 6 nitrogen and oxygen atoms in total. The number of ketones is 2. The van der Waals surface area contributed by atoms with Crippen molar-refractivity contribution in [3.63, 3.8) is 0 Å². The Bertz CT molecular complexity index is 877. The summed E-state index contributed by atoms with van der Waals surface area (Å²) >= 11 is 0. The number of ether oxygens (including phenoxy) is 4. The lowest BCUT2D eigenvalue weighted by atomic mass is 9.43. The van der Waals surface area contributed by atoms with Gasteiger partial charge in [-0.3, -0.25) is 9.59 Å². The third-order valence-corrected chi connectivity index (χ3v) is 12.0. The molecule has 4 aliphatic carbocycles. The summed E-state index contributed by atoms with van der Waals surface area (Å²) in [7, 11) is 0. The Labute approximate surface area is 222 Å². The van der Waals surface area contributed by atoms with Gasteiger partial charge in [-0.25, -0.2) is 0 Å². The molecule has 0 bridgehead atoms. The van der Waals surface area contributed by atoms with E-state index in [0.717, 1.165) is 90.1 Å². The van der Waals surface area contributed by atoms with Crippen LogP contribution < -0.4 is 0 Å². The second kappa shape index (κ2) is 9.98. The van der Waals surface area contributed by atoms with Crippen LogP contribution in [-0.2, 0) is 28.5 Å². The minimum absolute atomic E-state index is 0.0167. The van der Waals surface area contributed by atoms with Crippen LogP contribution in [0.5, 0.6) is 0 Å². The Morgan fingerprint density at radius 1 is 0.919 bits per heavy atom. The Morgan fingerprint density at radius 3 is 2.32 bits per heavy atom. The van der Waals surface area contributed by atoms with E-state index >= 15 is 0 Å². The molecule has 0 radical (unpaired) electrons. The van der Waals surface area contributed by atoms with Crippen LogP contribution in [0.3, 0.4) is 0 Å². The minimum Gasteiger partial charge on any atom is -0.353 e. The maximum Gasteiger partial charge on any atom is 0.162 e. The lowest BCUT2D eigenvalue weighted by Crippen LogP contribution is -2.64. The number of Topliss-reactive ketones (excluding diaryl/α,β-unsaturated/α-hetero) is 2. The van der Waals surface area contributed by atoms with Gasteiger partial charge in [-0.05, 0) is 113 Å². The first-order valence-corrected chi connectivity index (χ1v) is 15.4. The molecular weight excluding hydrogens is 468 g/mol. The van der Waals surface area contributed by atoms with Crippen molar-refractivity contribution in [3.8, 4) is 0 Å². The summed E-state index contributed by atoms with van der Waals surface area (Å²) in [5, 5.41) is 0. The fourth-order valence-corrected chi connectivity index (χ4v) is 10.1. The molecule has 0 spiro atoms. The number of fused-ring (bicyclic) bond motifs is 5. The average molecular weight is 517 g/mol. The molecule has 0 N–H and O–H groups in total. The van der Waals surface area contributed by atoms with Crippen LogP contribution in [0.25, 0.3) is 0 Å². The topological polar surface area (TPSA) is 71.1 Å². The summed E-state index contributed by atoms with van der Waals surface area (Å²) in [6, 6.07) is 0. The number of rotatable bonds is 5. The molecule has 6 rings (SSSR count). The largest absolute Gasteiger partial charge is 0.353 e. The van der Waals surface area contributed by atoms with Crippen molar-refractivity contribution in [3.05, 3.63) is 0 Å². The van der Waals surface area contributed by atoms with E-state index < -0.39 is 5.60 Å². The first-order valence-electron chi connectivity index (χ1n) is 15.4. The van der Waals surface area contributed by atoms with Crippen LogP contribution in [0.2, 0.25) is 0 Å². The molecule has 6 fully saturated rings. The number of hydrogen-bond acceptors (Lipinski definition) is 6. The van der Waals surface area contributed by atoms with E-state index in [-0.39, 0.29) is 35.3 Å². The standard InChI is InChI=1S/C31H48O6/c1-20(32)31(37-27-9-5-7-17-35-27)15-13-24-23-11-10-21-18-22(33)12-14-29(21,2)28(23)25(19-30(24,31)3)36-26-8-4-6-16-34-26/h21,23-28H,4-19H2,1-3H3/t21-,23+,24+,25-,26?,27?,28-,29+,30+,31+/m1/s1. The molecule has 6 aliphatic rings. The number of carbonyl (C=O) groups excluding carboxylic acids is 2. The molecule has 0 aromatic heterocycles.